The molecule has 3 fully saturated rings. The lowest BCUT2D eigenvalue weighted by molar-refractivity contribution is -0.950. The van der Waals surface area contributed by atoms with Crippen LogP contribution in [0, 0.1) is 5.92 Å². The minimum Gasteiger partial charge on any atom is -0.504 e. The number of benzene rings is 1. The van der Waals surface area contributed by atoms with Gasteiger partial charge in [-0.2, -0.15) is 0 Å². The number of ether oxygens (including phenoxy) is 1. The van der Waals surface area contributed by atoms with Crippen LogP contribution < -0.4 is 4.74 Å². The Hall–Kier alpha value is -2.65. The highest BCUT2D eigenvalue weighted by molar-refractivity contribution is 5.96. The first-order valence-electron chi connectivity index (χ1n) is 12.7. The van der Waals surface area contributed by atoms with E-state index < -0.39 is 35.1 Å². The van der Waals surface area contributed by atoms with Gasteiger partial charge in [-0.3, -0.25) is 9.79 Å². The molecule has 9 nitrogen and oxygen atoms in total. The third kappa shape index (κ3) is 3.10. The van der Waals surface area contributed by atoms with Crippen LogP contribution in [0.25, 0.3) is 0 Å². The van der Waals surface area contributed by atoms with Gasteiger partial charge in [0.05, 0.1) is 31.3 Å². The van der Waals surface area contributed by atoms with Gasteiger partial charge in [-0.15, -0.1) is 0 Å². The Morgan fingerprint density at radius 2 is 2.03 bits per heavy atom. The number of hydrogen-bond donors (Lipinski definition) is 4. The first kappa shape index (κ1) is 22.8. The molecule has 0 aromatic heterocycles. The number of aromatic hydroxyl groups is 1. The van der Waals surface area contributed by atoms with Crippen molar-refractivity contribution < 1.29 is 39.2 Å². The maximum atomic E-state index is 12.6. The Morgan fingerprint density at radius 1 is 1.26 bits per heavy atom. The van der Waals surface area contributed by atoms with Crippen molar-refractivity contribution in [3.8, 4) is 11.5 Å². The molecule has 3 aliphatic carbocycles. The maximum Gasteiger partial charge on any atom is 0.328 e. The lowest BCUT2D eigenvalue weighted by Crippen LogP contribution is -2.80. The number of aliphatic carboxylic acids is 2. The lowest BCUT2D eigenvalue weighted by Gasteiger charge is -2.64. The van der Waals surface area contributed by atoms with Gasteiger partial charge in [0.2, 0.25) is 0 Å². The zero-order valence-corrected chi connectivity index (χ0v) is 19.9. The Morgan fingerprint density at radius 3 is 2.71 bits per heavy atom. The number of nitrogens with zero attached hydrogens (tertiary/aromatic N) is 2. The van der Waals surface area contributed by atoms with Gasteiger partial charge in [-0.1, -0.05) is 6.07 Å². The fourth-order valence-corrected chi connectivity index (χ4v) is 7.79. The first-order chi connectivity index (χ1) is 16.6. The van der Waals surface area contributed by atoms with Gasteiger partial charge in [0, 0.05) is 30.7 Å². The van der Waals surface area contributed by atoms with Crippen LogP contribution >= 0.6 is 0 Å². The molecule has 2 aliphatic heterocycles. The molecule has 0 unspecified atom stereocenters. The van der Waals surface area contributed by atoms with Gasteiger partial charge in [0.1, 0.15) is 23.8 Å². The summed E-state index contributed by atoms with van der Waals surface area (Å²) < 4.78 is 7.21. The van der Waals surface area contributed by atoms with Gasteiger partial charge in [0.25, 0.3) is 0 Å². The summed E-state index contributed by atoms with van der Waals surface area (Å²) in [5.41, 5.74) is 0.631. The van der Waals surface area contributed by atoms with Gasteiger partial charge < -0.3 is 29.6 Å². The van der Waals surface area contributed by atoms with Crippen LogP contribution in [0.4, 0.5) is 0 Å². The summed E-state index contributed by atoms with van der Waals surface area (Å²) >= 11 is 0. The van der Waals surface area contributed by atoms with Crippen LogP contribution in [0.1, 0.15) is 56.1 Å². The predicted molar refractivity (Wildman–Crippen MR) is 125 cm³/mol. The number of phenolic OH excluding ortho intramolecular Hbond substituents is 1. The number of carbonyl (C=O) groups is 2. The van der Waals surface area contributed by atoms with E-state index in [-0.39, 0.29) is 24.6 Å². The van der Waals surface area contributed by atoms with Crippen molar-refractivity contribution in [1.29, 1.82) is 0 Å². The van der Waals surface area contributed by atoms with Crippen molar-refractivity contribution in [3.05, 3.63) is 23.3 Å². The number of carboxylic acid groups (broad SMARTS) is 2. The Balaban J connectivity index is 1.47. The molecule has 2 bridgehead atoms. The highest BCUT2D eigenvalue weighted by Crippen LogP contribution is 2.66. The molecule has 188 valence electrons. The smallest absolute Gasteiger partial charge is 0.328 e. The minimum absolute atomic E-state index is 0.0187. The highest BCUT2D eigenvalue weighted by atomic mass is 16.5. The fraction of sp³-hybridized carbons (Fsp3) is 0.654. The number of aliphatic imine (C=N–C) groups is 1. The summed E-state index contributed by atoms with van der Waals surface area (Å²) in [5.74, 6) is -1.13. The molecule has 0 amide bonds. The van der Waals surface area contributed by atoms with Crippen molar-refractivity contribution in [1.82, 2.24) is 0 Å². The standard InChI is InChI=1S/C26H32N2O7/c1-28(13-14-2-3-14)11-10-25-21-15-4-6-18(29)22(21)35-23(25)16(8-9-26(25,34)19(28)12-15)27-17(24(32)33)5-7-20(30)31/h4,6,14,17,19,23,34H,2-3,5,7-13H2,1H3,(H2-,29,30,31,32,33)/p+1/t17-,19+,23-,25-,26+,28+/m0/s1. The third-order valence-electron chi connectivity index (χ3n) is 9.53. The molecular formula is C26H33N2O7+. The lowest BCUT2D eigenvalue weighted by atomic mass is 9.48. The number of rotatable bonds is 7. The molecule has 5 aliphatic rings. The molecule has 0 radical (unpaired) electrons. The summed E-state index contributed by atoms with van der Waals surface area (Å²) in [5, 5.41) is 42.1. The zero-order chi connectivity index (χ0) is 24.8. The maximum absolute atomic E-state index is 12.6. The second kappa shape index (κ2) is 7.43. The molecule has 35 heavy (non-hydrogen) atoms. The number of quaternary nitrogens is 1. The monoisotopic (exact) mass is 485 g/mol. The van der Waals surface area contributed by atoms with E-state index in [2.05, 4.69) is 12.0 Å². The van der Waals surface area contributed by atoms with E-state index in [1.54, 1.807) is 6.07 Å². The zero-order valence-electron chi connectivity index (χ0n) is 19.9. The second-order valence-corrected chi connectivity index (χ2v) is 11.5. The second-order valence-electron chi connectivity index (χ2n) is 11.5. The average molecular weight is 486 g/mol. The van der Waals surface area contributed by atoms with E-state index in [4.69, 9.17) is 9.84 Å². The first-order valence-corrected chi connectivity index (χ1v) is 12.7. The van der Waals surface area contributed by atoms with Crippen LogP contribution in [0.2, 0.25) is 0 Å². The van der Waals surface area contributed by atoms with Crippen molar-refractivity contribution in [2.24, 2.45) is 10.9 Å². The van der Waals surface area contributed by atoms with Gasteiger partial charge in [-0.05, 0) is 43.7 Å². The number of likely N-dealkylation sites (tertiary alicyclic amines) is 1. The van der Waals surface area contributed by atoms with E-state index in [0.717, 1.165) is 28.7 Å². The summed E-state index contributed by atoms with van der Waals surface area (Å²) in [4.78, 5) is 27.5. The summed E-state index contributed by atoms with van der Waals surface area (Å²) in [6.07, 6.45) is 3.60. The number of carboxylic acids is 2. The molecule has 1 aromatic rings. The summed E-state index contributed by atoms with van der Waals surface area (Å²) in [6, 6.07) is 2.38. The molecule has 2 heterocycles. The topological polar surface area (TPSA) is 137 Å². The van der Waals surface area contributed by atoms with Crippen LogP contribution in [0.5, 0.6) is 11.5 Å². The van der Waals surface area contributed by atoms with E-state index in [1.807, 2.05) is 6.07 Å². The van der Waals surface area contributed by atoms with Crippen LogP contribution in [-0.2, 0) is 21.4 Å². The van der Waals surface area contributed by atoms with Crippen molar-refractivity contribution in [3.63, 3.8) is 0 Å². The van der Waals surface area contributed by atoms with Crippen molar-refractivity contribution in [2.75, 3.05) is 20.1 Å². The Kier molecular flexibility index (Phi) is 4.84. The number of likely N-dealkylation sites (N-methyl/N-ethyl adjacent to an activating group) is 1. The SMILES string of the molecule is C[N@+]1(CC2CC2)CC[C@]23c4c5ccc(O)c4O[C@H]2C(=N[C@@H](CCC(=O)O)C(=O)O)CC[C@@]3(O)[C@H]1C5. The molecule has 2 saturated carbocycles. The predicted octanol–water partition coefficient (Wildman–Crippen LogP) is 1.86. The van der Waals surface area contributed by atoms with E-state index in [1.165, 1.54) is 12.8 Å². The largest absolute Gasteiger partial charge is 0.504 e. The van der Waals surface area contributed by atoms with Crippen molar-refractivity contribution >= 4 is 17.7 Å². The van der Waals surface area contributed by atoms with E-state index in [0.29, 0.717) is 43.1 Å². The van der Waals surface area contributed by atoms with Gasteiger partial charge >= 0.3 is 11.9 Å². The van der Waals surface area contributed by atoms with Crippen molar-refractivity contribution in [2.45, 2.75) is 80.6 Å². The van der Waals surface area contributed by atoms with Gasteiger partial charge in [-0.25, -0.2) is 4.79 Å². The quantitative estimate of drug-likeness (QED) is 0.433. The van der Waals surface area contributed by atoms with Crippen LogP contribution in [0.15, 0.2) is 17.1 Å². The van der Waals surface area contributed by atoms with Crippen LogP contribution in [-0.4, -0.2) is 86.5 Å². The highest BCUT2D eigenvalue weighted by Gasteiger charge is 2.76. The average Bonchev–Trinajstić information content (AvgIpc) is 3.52. The molecule has 1 aromatic carbocycles. The third-order valence-corrected chi connectivity index (χ3v) is 9.53. The number of phenols is 1. The summed E-state index contributed by atoms with van der Waals surface area (Å²) in [6.45, 7) is 1.92. The minimum atomic E-state index is -1.19. The molecule has 6 rings (SSSR count). The fourth-order valence-electron chi connectivity index (χ4n) is 7.79. The molecule has 9 heteroatoms. The van der Waals surface area contributed by atoms with Gasteiger partial charge in [0.15, 0.2) is 11.5 Å². The molecule has 4 N–H and O–H groups in total. The van der Waals surface area contributed by atoms with E-state index >= 15 is 0 Å². The molecule has 6 atom stereocenters. The Labute approximate surface area is 203 Å². The van der Waals surface area contributed by atoms with Crippen LogP contribution in [0.3, 0.4) is 0 Å². The number of aliphatic hydroxyl groups is 1. The Bertz CT molecular complexity index is 1150. The normalized spacial score (nSPS) is 38.5. The summed E-state index contributed by atoms with van der Waals surface area (Å²) in [7, 11) is 2.26. The molecule has 1 saturated heterocycles. The molecular weight excluding hydrogens is 452 g/mol. The number of hydrogen-bond acceptors (Lipinski definition) is 6. The number of piperidine rings is 1. The van der Waals surface area contributed by atoms with E-state index in [9.17, 15) is 24.9 Å². The molecule has 1 spiro atoms.